The van der Waals surface area contributed by atoms with Crippen molar-refractivity contribution < 1.29 is 14.4 Å². The average molecular weight is 404 g/mol. The van der Waals surface area contributed by atoms with E-state index in [9.17, 15) is 14.4 Å². The fourth-order valence-corrected chi connectivity index (χ4v) is 3.84. The molecule has 0 bridgehead atoms. The van der Waals surface area contributed by atoms with E-state index >= 15 is 0 Å². The summed E-state index contributed by atoms with van der Waals surface area (Å²) in [5.74, 6) is 0.458. The number of nitrogens with zero attached hydrogens (tertiary/aromatic N) is 4. The Hall–Kier alpha value is -3.48. The summed E-state index contributed by atoms with van der Waals surface area (Å²) in [7, 11) is 1.76. The Morgan fingerprint density at radius 2 is 1.70 bits per heavy atom. The van der Waals surface area contributed by atoms with Gasteiger partial charge in [-0.05, 0) is 36.8 Å². The monoisotopic (exact) mass is 404 g/mol. The second-order valence-corrected chi connectivity index (χ2v) is 7.49. The fourth-order valence-electron chi connectivity index (χ4n) is 3.84. The van der Waals surface area contributed by atoms with Crippen LogP contribution in [0.3, 0.4) is 0 Å². The number of carbonyl (C=O) groups is 3. The van der Waals surface area contributed by atoms with Crippen molar-refractivity contribution in [1.82, 2.24) is 19.4 Å². The van der Waals surface area contributed by atoms with E-state index in [4.69, 9.17) is 0 Å². The van der Waals surface area contributed by atoms with Gasteiger partial charge in [-0.1, -0.05) is 24.3 Å². The molecule has 3 aromatic rings. The van der Waals surface area contributed by atoms with E-state index in [1.807, 2.05) is 24.3 Å². The topological polar surface area (TPSA) is 75.5 Å². The van der Waals surface area contributed by atoms with Crippen LogP contribution in [0, 0.1) is 0 Å². The van der Waals surface area contributed by atoms with E-state index < -0.39 is 0 Å². The van der Waals surface area contributed by atoms with Crippen LogP contribution in [0.15, 0.2) is 48.5 Å². The molecule has 7 nitrogen and oxygen atoms in total. The van der Waals surface area contributed by atoms with Gasteiger partial charge < -0.3 is 9.47 Å². The van der Waals surface area contributed by atoms with Gasteiger partial charge in [0.1, 0.15) is 5.82 Å². The third kappa shape index (κ3) is 3.70. The number of imide groups is 1. The number of para-hydroxylation sites is 2. The van der Waals surface area contributed by atoms with Crippen LogP contribution in [0.2, 0.25) is 0 Å². The Kier molecular flexibility index (Phi) is 5.35. The maximum absolute atomic E-state index is 12.9. The van der Waals surface area contributed by atoms with E-state index in [-0.39, 0.29) is 37.1 Å². The number of hydrogen-bond acceptors (Lipinski definition) is 4. The molecule has 0 radical (unpaired) electrons. The lowest BCUT2D eigenvalue weighted by atomic mass is 10.1. The number of benzene rings is 2. The Bertz CT molecular complexity index is 1100. The van der Waals surface area contributed by atoms with E-state index in [1.54, 1.807) is 36.2 Å². The maximum atomic E-state index is 12.9. The number of carbonyl (C=O) groups excluding carboxylic acids is 3. The molecular formula is C23H24N4O3. The summed E-state index contributed by atoms with van der Waals surface area (Å²) in [5.41, 5.74) is 3.36. The van der Waals surface area contributed by atoms with E-state index in [0.29, 0.717) is 12.1 Å². The van der Waals surface area contributed by atoms with Crippen molar-refractivity contribution in [3.63, 3.8) is 0 Å². The first-order valence-electron chi connectivity index (χ1n) is 10.1. The van der Waals surface area contributed by atoms with Crippen LogP contribution in [0.1, 0.15) is 41.5 Å². The first-order chi connectivity index (χ1) is 14.5. The van der Waals surface area contributed by atoms with Gasteiger partial charge in [-0.25, -0.2) is 4.98 Å². The molecule has 3 amide bonds. The second kappa shape index (κ2) is 8.10. The summed E-state index contributed by atoms with van der Waals surface area (Å²) in [6.45, 7) is 3.50. The normalized spacial score (nSPS) is 14.0. The third-order valence-electron chi connectivity index (χ3n) is 5.47. The van der Waals surface area contributed by atoms with E-state index in [0.717, 1.165) is 29.0 Å². The number of amides is 3. The predicted molar refractivity (Wildman–Crippen MR) is 112 cm³/mol. The molecule has 7 heteroatoms. The molecule has 0 atom stereocenters. The Morgan fingerprint density at radius 3 is 2.37 bits per heavy atom. The lowest BCUT2D eigenvalue weighted by Crippen LogP contribution is -2.29. The lowest BCUT2D eigenvalue weighted by Gasteiger charge is -2.18. The van der Waals surface area contributed by atoms with Crippen LogP contribution in [0.5, 0.6) is 0 Å². The standard InChI is InChI=1S/C23H24N4O3/c1-3-26-19-7-5-4-6-18(19)24-20(26)15-25(2)23(30)17-10-8-16(9-11-17)14-27-21(28)12-13-22(27)29/h4-11H,3,12-15H2,1-2H3. The molecule has 30 heavy (non-hydrogen) atoms. The van der Waals surface area contributed by atoms with Crippen LogP contribution >= 0.6 is 0 Å². The Balaban J connectivity index is 1.46. The lowest BCUT2D eigenvalue weighted by molar-refractivity contribution is -0.139. The minimum atomic E-state index is -0.140. The molecule has 0 unspecified atom stereocenters. The molecule has 0 saturated carbocycles. The Labute approximate surface area is 174 Å². The summed E-state index contributed by atoms with van der Waals surface area (Å²) in [6, 6.07) is 15.0. The van der Waals surface area contributed by atoms with Gasteiger partial charge in [0.15, 0.2) is 0 Å². The van der Waals surface area contributed by atoms with Gasteiger partial charge in [-0.3, -0.25) is 19.3 Å². The van der Waals surface area contributed by atoms with E-state index in [2.05, 4.69) is 16.5 Å². The SMILES string of the molecule is CCn1c(CN(C)C(=O)c2ccc(CN3C(=O)CCC3=O)cc2)nc2ccccc21. The molecule has 0 spiro atoms. The highest BCUT2D eigenvalue weighted by molar-refractivity contribution is 6.01. The summed E-state index contributed by atoms with van der Waals surface area (Å²) in [5, 5.41) is 0. The van der Waals surface area contributed by atoms with Gasteiger partial charge in [-0.2, -0.15) is 0 Å². The number of rotatable bonds is 6. The molecule has 0 aliphatic carbocycles. The number of likely N-dealkylation sites (tertiary alicyclic amines) is 1. The summed E-state index contributed by atoms with van der Waals surface area (Å²) >= 11 is 0. The molecule has 1 aliphatic heterocycles. The Morgan fingerprint density at radius 1 is 1.03 bits per heavy atom. The van der Waals surface area contributed by atoms with Crippen molar-refractivity contribution in [2.24, 2.45) is 0 Å². The largest absolute Gasteiger partial charge is 0.334 e. The minimum absolute atomic E-state index is 0.107. The summed E-state index contributed by atoms with van der Waals surface area (Å²) in [6.07, 6.45) is 0.561. The highest BCUT2D eigenvalue weighted by atomic mass is 16.2. The first kappa shape index (κ1) is 19.8. The van der Waals surface area contributed by atoms with Crippen LogP contribution in [-0.4, -0.2) is 44.1 Å². The zero-order valence-electron chi connectivity index (χ0n) is 17.2. The van der Waals surface area contributed by atoms with Crippen LogP contribution in [-0.2, 0) is 29.2 Å². The number of imidazole rings is 1. The molecule has 154 valence electrons. The highest BCUT2D eigenvalue weighted by Gasteiger charge is 2.28. The zero-order valence-corrected chi connectivity index (χ0v) is 17.2. The molecular weight excluding hydrogens is 380 g/mol. The zero-order chi connectivity index (χ0) is 21.3. The number of fused-ring (bicyclic) bond motifs is 1. The molecule has 4 rings (SSSR count). The van der Waals surface area contributed by atoms with Gasteiger partial charge in [0.25, 0.3) is 5.91 Å². The number of aromatic nitrogens is 2. The highest BCUT2D eigenvalue weighted by Crippen LogP contribution is 2.19. The van der Waals surface area contributed by atoms with Crippen molar-refractivity contribution in [3.8, 4) is 0 Å². The number of hydrogen-bond donors (Lipinski definition) is 0. The van der Waals surface area contributed by atoms with Crippen LogP contribution < -0.4 is 0 Å². The van der Waals surface area contributed by atoms with Crippen molar-refractivity contribution in [2.75, 3.05) is 7.05 Å². The molecule has 1 aliphatic rings. The number of aryl methyl sites for hydroxylation is 1. The summed E-state index contributed by atoms with van der Waals surface area (Å²) in [4.78, 5) is 44.1. The molecule has 1 saturated heterocycles. The van der Waals surface area contributed by atoms with Gasteiger partial charge >= 0.3 is 0 Å². The van der Waals surface area contributed by atoms with Gasteiger partial charge in [0, 0.05) is 32.0 Å². The minimum Gasteiger partial charge on any atom is -0.334 e. The quantitative estimate of drug-likeness (QED) is 0.592. The fraction of sp³-hybridized carbons (Fsp3) is 0.304. The molecule has 0 N–H and O–H groups in total. The first-order valence-corrected chi connectivity index (χ1v) is 10.1. The van der Waals surface area contributed by atoms with Gasteiger partial charge in [0.2, 0.25) is 11.8 Å². The van der Waals surface area contributed by atoms with Gasteiger partial charge in [-0.15, -0.1) is 0 Å². The molecule has 1 fully saturated rings. The molecule has 2 heterocycles. The van der Waals surface area contributed by atoms with Gasteiger partial charge in [0.05, 0.1) is 24.1 Å². The molecule has 1 aromatic heterocycles. The van der Waals surface area contributed by atoms with Crippen molar-refractivity contribution >= 4 is 28.8 Å². The predicted octanol–water partition coefficient (Wildman–Crippen LogP) is 2.98. The van der Waals surface area contributed by atoms with Crippen LogP contribution in [0.4, 0.5) is 0 Å². The smallest absolute Gasteiger partial charge is 0.254 e. The molecule has 2 aromatic carbocycles. The van der Waals surface area contributed by atoms with Crippen molar-refractivity contribution in [3.05, 3.63) is 65.5 Å². The summed E-state index contributed by atoms with van der Waals surface area (Å²) < 4.78 is 2.12. The third-order valence-corrected chi connectivity index (χ3v) is 5.47. The average Bonchev–Trinajstić information content (AvgIpc) is 3.27. The van der Waals surface area contributed by atoms with Crippen molar-refractivity contribution in [1.29, 1.82) is 0 Å². The maximum Gasteiger partial charge on any atom is 0.254 e. The van der Waals surface area contributed by atoms with Crippen LogP contribution in [0.25, 0.3) is 11.0 Å². The second-order valence-electron chi connectivity index (χ2n) is 7.49. The van der Waals surface area contributed by atoms with E-state index in [1.165, 1.54) is 4.90 Å². The van der Waals surface area contributed by atoms with Crippen molar-refractivity contribution in [2.45, 2.75) is 39.4 Å².